The number of urea groups is 1. The van der Waals surface area contributed by atoms with Gasteiger partial charge in [0.25, 0.3) is 0 Å². The minimum absolute atomic E-state index is 0.0510. The van der Waals surface area contributed by atoms with Gasteiger partial charge in [-0.1, -0.05) is 13.3 Å². The number of carboxylic acids is 1. The van der Waals surface area contributed by atoms with E-state index in [0.717, 1.165) is 31.8 Å². The topological polar surface area (TPSA) is 69.6 Å². The zero-order chi connectivity index (χ0) is 12.7. The van der Waals surface area contributed by atoms with Gasteiger partial charge >= 0.3 is 12.0 Å². The molecule has 1 aliphatic heterocycles. The van der Waals surface area contributed by atoms with E-state index in [0.29, 0.717) is 13.0 Å². The SMILES string of the molecule is CCC1CCN(C(=O)NCCCC(=O)O)CC1. The molecule has 0 aromatic heterocycles. The van der Waals surface area contributed by atoms with E-state index < -0.39 is 5.97 Å². The number of likely N-dealkylation sites (tertiary alicyclic amines) is 1. The van der Waals surface area contributed by atoms with Gasteiger partial charge in [0.2, 0.25) is 0 Å². The summed E-state index contributed by atoms with van der Waals surface area (Å²) < 4.78 is 0. The first-order chi connectivity index (χ1) is 8.13. The molecule has 0 spiro atoms. The van der Waals surface area contributed by atoms with Crippen LogP contribution in [0.15, 0.2) is 0 Å². The molecule has 1 aliphatic rings. The van der Waals surface area contributed by atoms with E-state index in [9.17, 15) is 9.59 Å². The Bertz CT molecular complexity index is 260. The Balaban J connectivity index is 2.14. The Hall–Kier alpha value is -1.26. The molecule has 1 fully saturated rings. The number of piperidine rings is 1. The molecule has 17 heavy (non-hydrogen) atoms. The predicted molar refractivity (Wildman–Crippen MR) is 64.9 cm³/mol. The van der Waals surface area contributed by atoms with Crippen LogP contribution in [-0.2, 0) is 4.79 Å². The van der Waals surface area contributed by atoms with Crippen LogP contribution >= 0.6 is 0 Å². The minimum Gasteiger partial charge on any atom is -0.481 e. The van der Waals surface area contributed by atoms with E-state index in [1.54, 1.807) is 0 Å². The fraction of sp³-hybridized carbons (Fsp3) is 0.833. The quantitative estimate of drug-likeness (QED) is 0.721. The van der Waals surface area contributed by atoms with Crippen molar-refractivity contribution in [3.8, 4) is 0 Å². The van der Waals surface area contributed by atoms with E-state index in [1.165, 1.54) is 6.42 Å². The summed E-state index contributed by atoms with van der Waals surface area (Å²) in [6, 6.07) is -0.0510. The van der Waals surface area contributed by atoms with Crippen molar-refractivity contribution in [2.24, 2.45) is 5.92 Å². The lowest BCUT2D eigenvalue weighted by atomic mass is 9.95. The first-order valence-electron chi connectivity index (χ1n) is 6.38. The molecule has 98 valence electrons. The van der Waals surface area contributed by atoms with Gasteiger partial charge in [0, 0.05) is 26.1 Å². The molecular weight excluding hydrogens is 220 g/mol. The van der Waals surface area contributed by atoms with Crippen LogP contribution in [0, 0.1) is 5.92 Å². The molecule has 2 amide bonds. The summed E-state index contributed by atoms with van der Waals surface area (Å²) in [6.07, 6.45) is 3.96. The molecule has 5 heteroatoms. The van der Waals surface area contributed by atoms with Gasteiger partial charge in [-0.15, -0.1) is 0 Å². The fourth-order valence-corrected chi connectivity index (χ4v) is 2.09. The van der Waals surface area contributed by atoms with Crippen molar-refractivity contribution < 1.29 is 14.7 Å². The van der Waals surface area contributed by atoms with Crippen LogP contribution in [-0.4, -0.2) is 41.6 Å². The van der Waals surface area contributed by atoms with Gasteiger partial charge < -0.3 is 15.3 Å². The lowest BCUT2D eigenvalue weighted by molar-refractivity contribution is -0.137. The summed E-state index contributed by atoms with van der Waals surface area (Å²) >= 11 is 0. The molecule has 5 nitrogen and oxygen atoms in total. The van der Waals surface area contributed by atoms with Crippen molar-refractivity contribution in [1.29, 1.82) is 0 Å². The third kappa shape index (κ3) is 5.06. The van der Waals surface area contributed by atoms with E-state index >= 15 is 0 Å². The number of nitrogens with one attached hydrogen (secondary N) is 1. The van der Waals surface area contributed by atoms with Crippen LogP contribution in [0.1, 0.15) is 39.0 Å². The maximum atomic E-state index is 11.7. The summed E-state index contributed by atoms with van der Waals surface area (Å²) in [6.45, 7) is 4.28. The maximum absolute atomic E-state index is 11.7. The lowest BCUT2D eigenvalue weighted by Crippen LogP contribution is -2.44. The number of rotatable bonds is 5. The van der Waals surface area contributed by atoms with Gasteiger partial charge in [-0.2, -0.15) is 0 Å². The largest absolute Gasteiger partial charge is 0.481 e. The van der Waals surface area contributed by atoms with Crippen molar-refractivity contribution in [2.75, 3.05) is 19.6 Å². The Morgan fingerprint density at radius 3 is 2.53 bits per heavy atom. The number of hydrogen-bond donors (Lipinski definition) is 2. The minimum atomic E-state index is -0.817. The number of aliphatic carboxylic acids is 1. The zero-order valence-electron chi connectivity index (χ0n) is 10.4. The second-order valence-corrected chi connectivity index (χ2v) is 4.57. The number of hydrogen-bond acceptors (Lipinski definition) is 2. The molecule has 0 aliphatic carbocycles. The molecule has 0 aromatic carbocycles. The molecular formula is C12H22N2O3. The van der Waals surface area contributed by atoms with Crippen LogP contribution in [0.5, 0.6) is 0 Å². The summed E-state index contributed by atoms with van der Waals surface area (Å²) in [5, 5.41) is 11.2. The molecule has 0 unspecified atom stereocenters. The Morgan fingerprint density at radius 1 is 1.35 bits per heavy atom. The number of carbonyl (C=O) groups excluding carboxylic acids is 1. The van der Waals surface area contributed by atoms with E-state index in [-0.39, 0.29) is 12.5 Å². The smallest absolute Gasteiger partial charge is 0.317 e. The molecule has 2 N–H and O–H groups in total. The number of carbonyl (C=O) groups is 2. The second-order valence-electron chi connectivity index (χ2n) is 4.57. The van der Waals surface area contributed by atoms with Crippen molar-refractivity contribution in [1.82, 2.24) is 10.2 Å². The first kappa shape index (κ1) is 13.8. The van der Waals surface area contributed by atoms with Gasteiger partial charge in [0.1, 0.15) is 0 Å². The Labute approximate surface area is 102 Å². The predicted octanol–water partition coefficient (Wildman–Crippen LogP) is 1.68. The molecule has 1 heterocycles. The fourth-order valence-electron chi connectivity index (χ4n) is 2.09. The van der Waals surface area contributed by atoms with Gasteiger partial charge in [0.05, 0.1) is 0 Å². The van der Waals surface area contributed by atoms with Crippen molar-refractivity contribution in [3.05, 3.63) is 0 Å². The summed E-state index contributed by atoms with van der Waals surface area (Å²) in [4.78, 5) is 23.8. The standard InChI is InChI=1S/C12H22N2O3/c1-2-10-5-8-14(9-6-10)12(17)13-7-3-4-11(15)16/h10H,2-9H2,1H3,(H,13,17)(H,15,16). The van der Waals surface area contributed by atoms with E-state index in [2.05, 4.69) is 12.2 Å². The molecule has 0 bridgehead atoms. The average molecular weight is 242 g/mol. The molecule has 1 saturated heterocycles. The monoisotopic (exact) mass is 242 g/mol. The van der Waals surface area contributed by atoms with Gasteiger partial charge in [-0.25, -0.2) is 4.79 Å². The van der Waals surface area contributed by atoms with Crippen LogP contribution in [0.2, 0.25) is 0 Å². The maximum Gasteiger partial charge on any atom is 0.317 e. The van der Waals surface area contributed by atoms with Crippen LogP contribution in [0.4, 0.5) is 4.79 Å². The molecule has 0 radical (unpaired) electrons. The summed E-state index contributed by atoms with van der Waals surface area (Å²) in [5.41, 5.74) is 0. The van der Waals surface area contributed by atoms with E-state index in [1.807, 2.05) is 4.90 Å². The molecule has 1 rings (SSSR count). The van der Waals surface area contributed by atoms with Crippen molar-refractivity contribution in [3.63, 3.8) is 0 Å². The molecule has 0 atom stereocenters. The highest BCUT2D eigenvalue weighted by Crippen LogP contribution is 2.19. The lowest BCUT2D eigenvalue weighted by Gasteiger charge is -2.31. The highest BCUT2D eigenvalue weighted by atomic mass is 16.4. The molecule has 0 aromatic rings. The Morgan fingerprint density at radius 2 is 2.00 bits per heavy atom. The zero-order valence-corrected chi connectivity index (χ0v) is 10.4. The third-order valence-electron chi connectivity index (χ3n) is 3.32. The van der Waals surface area contributed by atoms with Gasteiger partial charge in [-0.3, -0.25) is 4.79 Å². The normalized spacial score (nSPS) is 16.9. The molecule has 0 saturated carbocycles. The van der Waals surface area contributed by atoms with Crippen LogP contribution in [0.3, 0.4) is 0 Å². The van der Waals surface area contributed by atoms with E-state index in [4.69, 9.17) is 5.11 Å². The van der Waals surface area contributed by atoms with Crippen molar-refractivity contribution >= 4 is 12.0 Å². The average Bonchev–Trinajstić information content (AvgIpc) is 2.34. The van der Waals surface area contributed by atoms with Crippen LogP contribution in [0.25, 0.3) is 0 Å². The van der Waals surface area contributed by atoms with Gasteiger partial charge in [0.15, 0.2) is 0 Å². The first-order valence-corrected chi connectivity index (χ1v) is 6.38. The second kappa shape index (κ2) is 7.14. The third-order valence-corrected chi connectivity index (χ3v) is 3.32. The highest BCUT2D eigenvalue weighted by molar-refractivity contribution is 5.74. The number of amides is 2. The summed E-state index contributed by atoms with van der Waals surface area (Å²) in [5.74, 6) is -0.0610. The number of nitrogens with zero attached hydrogens (tertiary/aromatic N) is 1. The van der Waals surface area contributed by atoms with Gasteiger partial charge in [-0.05, 0) is 25.2 Å². The Kier molecular flexibility index (Phi) is 5.80. The van der Waals surface area contributed by atoms with Crippen molar-refractivity contribution in [2.45, 2.75) is 39.0 Å². The summed E-state index contributed by atoms with van der Waals surface area (Å²) in [7, 11) is 0. The number of carboxylic acid groups (broad SMARTS) is 1. The highest BCUT2D eigenvalue weighted by Gasteiger charge is 2.21. The van der Waals surface area contributed by atoms with Crippen LogP contribution < -0.4 is 5.32 Å².